The number of anilines is 2. The van der Waals surface area contributed by atoms with Gasteiger partial charge >= 0.3 is 6.01 Å². The Hall–Kier alpha value is -1.63. The Morgan fingerprint density at radius 2 is 1.95 bits per heavy atom. The molecule has 1 aromatic heterocycles. The topological polar surface area (TPSA) is 92.2 Å². The van der Waals surface area contributed by atoms with Crippen LogP contribution in [0.2, 0.25) is 0 Å². The van der Waals surface area contributed by atoms with Crippen molar-refractivity contribution in [3.05, 3.63) is 0 Å². The van der Waals surface area contributed by atoms with Crippen molar-refractivity contribution in [2.24, 2.45) is 5.92 Å². The fourth-order valence-corrected chi connectivity index (χ4v) is 2.53. The van der Waals surface area contributed by atoms with Gasteiger partial charge in [-0.25, -0.2) is 0 Å². The zero-order chi connectivity index (χ0) is 14.4. The van der Waals surface area contributed by atoms with Crippen LogP contribution in [0.15, 0.2) is 0 Å². The van der Waals surface area contributed by atoms with Crippen LogP contribution < -0.4 is 15.4 Å². The van der Waals surface area contributed by atoms with Gasteiger partial charge < -0.3 is 20.5 Å². The molecule has 112 valence electrons. The maximum atomic E-state index is 9.45. The minimum atomic E-state index is 0.194. The molecule has 0 saturated heterocycles. The standard InChI is InChI=1S/C13H23N5O2/c1-3-14-11-16-12(18-13(17-11)20-2)15-10-7-5-4-6-9(10)8-19/h9-10,19H,3-8H2,1-2H3,(H2,14,15,16,17,18). The molecular weight excluding hydrogens is 258 g/mol. The molecule has 0 aromatic carbocycles. The van der Waals surface area contributed by atoms with E-state index in [0.717, 1.165) is 25.8 Å². The average Bonchev–Trinajstić information content (AvgIpc) is 2.48. The lowest BCUT2D eigenvalue weighted by atomic mass is 9.85. The summed E-state index contributed by atoms with van der Waals surface area (Å²) in [5.74, 6) is 1.26. The van der Waals surface area contributed by atoms with Gasteiger partial charge in [0.15, 0.2) is 0 Å². The lowest BCUT2D eigenvalue weighted by molar-refractivity contribution is 0.178. The summed E-state index contributed by atoms with van der Waals surface area (Å²) in [6, 6.07) is 0.491. The van der Waals surface area contributed by atoms with Gasteiger partial charge in [0.1, 0.15) is 0 Å². The van der Waals surface area contributed by atoms with Crippen molar-refractivity contribution in [2.75, 3.05) is 30.9 Å². The lowest BCUT2D eigenvalue weighted by Crippen LogP contribution is -2.35. The SMILES string of the molecule is CCNc1nc(NC2CCCCC2CO)nc(OC)n1. The van der Waals surface area contributed by atoms with Crippen LogP contribution in [-0.2, 0) is 0 Å². The van der Waals surface area contributed by atoms with E-state index >= 15 is 0 Å². The summed E-state index contributed by atoms with van der Waals surface area (Å²) in [4.78, 5) is 12.7. The fourth-order valence-electron chi connectivity index (χ4n) is 2.53. The highest BCUT2D eigenvalue weighted by molar-refractivity contribution is 5.36. The zero-order valence-electron chi connectivity index (χ0n) is 12.1. The minimum absolute atomic E-state index is 0.194. The van der Waals surface area contributed by atoms with Gasteiger partial charge in [-0.3, -0.25) is 0 Å². The molecule has 1 fully saturated rings. The van der Waals surface area contributed by atoms with Crippen molar-refractivity contribution in [2.45, 2.75) is 38.6 Å². The summed E-state index contributed by atoms with van der Waals surface area (Å²) in [5, 5.41) is 15.8. The van der Waals surface area contributed by atoms with E-state index in [4.69, 9.17) is 4.74 Å². The van der Waals surface area contributed by atoms with E-state index in [-0.39, 0.29) is 24.6 Å². The van der Waals surface area contributed by atoms with E-state index in [2.05, 4.69) is 25.6 Å². The summed E-state index contributed by atoms with van der Waals surface area (Å²) in [7, 11) is 1.53. The molecular formula is C13H23N5O2. The molecule has 3 N–H and O–H groups in total. The van der Waals surface area contributed by atoms with Crippen LogP contribution >= 0.6 is 0 Å². The van der Waals surface area contributed by atoms with Crippen LogP contribution in [0.25, 0.3) is 0 Å². The predicted octanol–water partition coefficient (Wildman–Crippen LogP) is 1.27. The molecule has 2 unspecified atom stereocenters. The third-order valence-corrected chi connectivity index (χ3v) is 3.59. The molecule has 1 aromatic rings. The van der Waals surface area contributed by atoms with E-state index in [9.17, 15) is 5.11 Å². The number of aliphatic hydroxyl groups is 1. The van der Waals surface area contributed by atoms with Gasteiger partial charge in [0.05, 0.1) is 7.11 Å². The summed E-state index contributed by atoms with van der Waals surface area (Å²) < 4.78 is 5.09. The Morgan fingerprint density at radius 3 is 2.65 bits per heavy atom. The van der Waals surface area contributed by atoms with E-state index in [1.54, 1.807) is 0 Å². The maximum absolute atomic E-state index is 9.45. The van der Waals surface area contributed by atoms with Crippen molar-refractivity contribution < 1.29 is 9.84 Å². The van der Waals surface area contributed by atoms with Gasteiger partial charge in [-0.2, -0.15) is 15.0 Å². The Bertz CT molecular complexity index is 429. The first-order valence-electron chi connectivity index (χ1n) is 7.18. The Morgan fingerprint density at radius 1 is 1.20 bits per heavy atom. The molecule has 2 rings (SSSR count). The quantitative estimate of drug-likeness (QED) is 0.723. The third kappa shape index (κ3) is 3.69. The van der Waals surface area contributed by atoms with Crippen molar-refractivity contribution in [3.63, 3.8) is 0 Å². The number of rotatable bonds is 6. The van der Waals surface area contributed by atoms with Crippen molar-refractivity contribution in [3.8, 4) is 6.01 Å². The van der Waals surface area contributed by atoms with E-state index < -0.39 is 0 Å². The summed E-state index contributed by atoms with van der Waals surface area (Å²) >= 11 is 0. The van der Waals surface area contributed by atoms with Gasteiger partial charge in [0.2, 0.25) is 11.9 Å². The fraction of sp³-hybridized carbons (Fsp3) is 0.769. The van der Waals surface area contributed by atoms with E-state index in [1.807, 2.05) is 6.92 Å². The second-order valence-electron chi connectivity index (χ2n) is 4.98. The van der Waals surface area contributed by atoms with Gasteiger partial charge in [-0.05, 0) is 19.8 Å². The number of nitrogens with zero attached hydrogens (tertiary/aromatic N) is 3. The highest BCUT2D eigenvalue weighted by Crippen LogP contribution is 2.26. The highest BCUT2D eigenvalue weighted by Gasteiger charge is 2.25. The lowest BCUT2D eigenvalue weighted by Gasteiger charge is -2.30. The van der Waals surface area contributed by atoms with Crippen molar-refractivity contribution in [1.29, 1.82) is 0 Å². The van der Waals surface area contributed by atoms with Crippen LogP contribution in [0.4, 0.5) is 11.9 Å². The Balaban J connectivity index is 2.12. The average molecular weight is 281 g/mol. The zero-order valence-corrected chi connectivity index (χ0v) is 12.1. The molecule has 1 aliphatic rings. The van der Waals surface area contributed by atoms with Crippen molar-refractivity contribution >= 4 is 11.9 Å². The predicted molar refractivity (Wildman–Crippen MR) is 77.0 cm³/mol. The molecule has 1 saturated carbocycles. The second-order valence-corrected chi connectivity index (χ2v) is 4.98. The van der Waals surface area contributed by atoms with Gasteiger partial charge in [0.25, 0.3) is 0 Å². The number of aliphatic hydroxyl groups excluding tert-OH is 1. The minimum Gasteiger partial charge on any atom is -0.467 e. The van der Waals surface area contributed by atoms with E-state index in [1.165, 1.54) is 13.5 Å². The van der Waals surface area contributed by atoms with Crippen LogP contribution in [0.1, 0.15) is 32.6 Å². The normalized spacial score (nSPS) is 22.4. The number of nitrogens with one attached hydrogen (secondary N) is 2. The molecule has 0 spiro atoms. The monoisotopic (exact) mass is 281 g/mol. The molecule has 1 heterocycles. The molecule has 0 amide bonds. The first-order valence-corrected chi connectivity index (χ1v) is 7.18. The van der Waals surface area contributed by atoms with E-state index in [0.29, 0.717) is 11.9 Å². The van der Waals surface area contributed by atoms with Gasteiger partial charge in [-0.15, -0.1) is 0 Å². The number of aromatic nitrogens is 3. The molecule has 0 aliphatic heterocycles. The number of ether oxygens (including phenoxy) is 1. The molecule has 20 heavy (non-hydrogen) atoms. The van der Waals surface area contributed by atoms with Crippen LogP contribution in [0.3, 0.4) is 0 Å². The molecule has 7 nitrogen and oxygen atoms in total. The second kappa shape index (κ2) is 7.23. The maximum Gasteiger partial charge on any atom is 0.322 e. The first-order chi connectivity index (χ1) is 9.76. The summed E-state index contributed by atoms with van der Waals surface area (Å²) in [5.41, 5.74) is 0. The molecule has 1 aliphatic carbocycles. The highest BCUT2D eigenvalue weighted by atomic mass is 16.5. The molecule has 0 radical (unpaired) electrons. The van der Waals surface area contributed by atoms with Gasteiger partial charge in [0, 0.05) is 25.1 Å². The third-order valence-electron chi connectivity index (χ3n) is 3.59. The smallest absolute Gasteiger partial charge is 0.322 e. The number of hydrogen-bond acceptors (Lipinski definition) is 7. The van der Waals surface area contributed by atoms with Crippen molar-refractivity contribution in [1.82, 2.24) is 15.0 Å². The summed E-state index contributed by atoms with van der Waals surface area (Å²) in [6.07, 6.45) is 4.40. The number of hydrogen-bond donors (Lipinski definition) is 3. The molecule has 7 heteroatoms. The van der Waals surface area contributed by atoms with Crippen LogP contribution in [0.5, 0.6) is 6.01 Å². The van der Waals surface area contributed by atoms with Crippen LogP contribution in [0, 0.1) is 5.92 Å². The largest absolute Gasteiger partial charge is 0.467 e. The Labute approximate surface area is 119 Å². The van der Waals surface area contributed by atoms with Crippen LogP contribution in [-0.4, -0.2) is 46.4 Å². The number of methoxy groups -OCH3 is 1. The molecule has 2 atom stereocenters. The summed E-state index contributed by atoms with van der Waals surface area (Å²) in [6.45, 7) is 2.90. The Kier molecular flexibility index (Phi) is 5.34. The first kappa shape index (κ1) is 14.8. The van der Waals surface area contributed by atoms with Gasteiger partial charge in [-0.1, -0.05) is 12.8 Å². The molecule has 0 bridgehead atoms.